The van der Waals surface area contributed by atoms with Crippen molar-refractivity contribution in [3.8, 4) is 0 Å². The maximum atomic E-state index is 15.3. The summed E-state index contributed by atoms with van der Waals surface area (Å²) in [6.07, 6.45) is 0.565. The van der Waals surface area contributed by atoms with E-state index in [1.54, 1.807) is 74.6 Å². The Labute approximate surface area is 792 Å². The van der Waals surface area contributed by atoms with E-state index in [0.717, 1.165) is 0 Å². The van der Waals surface area contributed by atoms with Crippen molar-refractivity contribution in [1.82, 2.24) is 109 Å². The van der Waals surface area contributed by atoms with Crippen molar-refractivity contribution in [1.29, 1.82) is 10.8 Å². The van der Waals surface area contributed by atoms with Crippen LogP contribution in [0.2, 0.25) is 0 Å². The van der Waals surface area contributed by atoms with Crippen LogP contribution in [0.1, 0.15) is 94.9 Å². The number of thiol groups is 3. The molecule has 2 saturated heterocycles. The number of nitrogens with zero attached hydrogens (tertiary/aromatic N) is 6. The minimum atomic E-state index is -1.86. The van der Waals surface area contributed by atoms with E-state index in [1.165, 1.54) is 37.0 Å². The minimum Gasteiger partial charge on any atom is -0.481 e. The molecular formula is C83H123N25O24S3. The number of hydrogen-bond acceptors (Lipinski definition) is 28. The smallest absolute Gasteiger partial charge is 0.326 e. The lowest BCUT2D eigenvalue weighted by Gasteiger charge is -2.33. The summed E-state index contributed by atoms with van der Waals surface area (Å²) in [5.41, 5.74) is 12.9. The van der Waals surface area contributed by atoms with Crippen LogP contribution in [0.3, 0.4) is 0 Å². The van der Waals surface area contributed by atoms with Crippen LogP contribution in [0.15, 0.2) is 73.3 Å². The van der Waals surface area contributed by atoms with Gasteiger partial charge in [-0.1, -0.05) is 62.4 Å². The van der Waals surface area contributed by atoms with E-state index in [2.05, 4.69) is 122 Å². The number of para-hydroxylation sites is 1. The van der Waals surface area contributed by atoms with E-state index in [-0.39, 0.29) is 129 Å². The number of fused-ring (bicyclic) bond motifs is 1. The molecule has 6 rings (SSSR count). The molecule has 2 aliphatic rings. The molecule has 135 heavy (non-hydrogen) atoms. The second kappa shape index (κ2) is 57.0. The standard InChI is InChI=1S/C83H123N25O24S3/c1-46(2)69(81(131)132)103-79(129)62-17-10-24-108(62)80(130)55(16-9-23-90-83(86)87)96-77(127)60(43-134)101-74(124)57(34-48-36-91-51-14-7-6-13-50(48)51)98-70(120)52(15-8-22-89-82(84)85)94-73(123)56(33-47-11-4-3-5-12-47)97-75(125)58(35-49-37-88-45-92-49)99-72(122)54(19-21-65(112)113)95-76(126)59(42-133)102-78(128)61(44-135)100-71(121)53(18-20-64(110)111)93-63(109)38-104-25-27-105(39-66(114)115)29-31-107(41-68(118)119)32-30-106(28-26-104)40-67(116)117/h3-7,11-14,36-37,45-46,52-62,69,91,133-135H,8-10,15-35,38-44H2,1-2H3,(H,88,92)(H,93,109)(H,94,123)(H,95,126)(H,96,127)(H,97,125)(H,98,120)(H,99,122)(H,100,121)(H,101,124)(H,102,128)(H,103,129)(H,110,111)(H,112,113)(H,114,115)(H,116,117)(H,118,119)(H,131,132)(H4,84,85,89)(H4,86,87,90)/t52-,53-,54-,55-,56-,57-,58-,59-,60-,61-,62-,69-/m0/s1. The molecule has 52 heteroatoms. The van der Waals surface area contributed by atoms with Gasteiger partial charge in [0.25, 0.3) is 0 Å². The molecule has 12 atom stereocenters. The number of carboxylic acid groups (broad SMARTS) is 6. The third-order valence-corrected chi connectivity index (χ3v) is 23.0. The molecule has 2 aromatic heterocycles. The number of benzene rings is 2. The van der Waals surface area contributed by atoms with Gasteiger partial charge in [0.1, 0.15) is 72.5 Å². The first-order valence-electron chi connectivity index (χ1n) is 43.6. The number of nitrogens with two attached hydrogens (primary N) is 2. The third kappa shape index (κ3) is 38.9. The molecule has 12 amide bonds. The molecule has 742 valence electrons. The summed E-state index contributed by atoms with van der Waals surface area (Å²) in [6.45, 7) is 1.63. The van der Waals surface area contributed by atoms with Crippen molar-refractivity contribution in [2.45, 2.75) is 170 Å². The predicted octanol–water partition coefficient (Wildman–Crippen LogP) is -6.50. The van der Waals surface area contributed by atoms with Crippen LogP contribution >= 0.6 is 37.9 Å². The first kappa shape index (κ1) is 111. The second-order valence-electron chi connectivity index (χ2n) is 32.6. The number of carbonyl (C=O) groups excluding carboxylic acids is 12. The predicted molar refractivity (Wildman–Crippen MR) is 495 cm³/mol. The largest absolute Gasteiger partial charge is 0.481 e. The quantitative estimate of drug-likeness (QED) is 0.00846. The Bertz CT molecular complexity index is 4720. The highest BCUT2D eigenvalue weighted by Crippen LogP contribution is 2.23. The van der Waals surface area contributed by atoms with Gasteiger partial charge in [0, 0.05) is 150 Å². The molecule has 4 heterocycles. The Morgan fingerprint density at radius 2 is 0.830 bits per heavy atom. The van der Waals surface area contributed by atoms with Gasteiger partial charge in [-0.3, -0.25) is 112 Å². The average Bonchev–Trinajstić information content (AvgIpc) is 1.72. The van der Waals surface area contributed by atoms with Gasteiger partial charge in [0.05, 0.1) is 32.5 Å². The Hall–Kier alpha value is -12.9. The van der Waals surface area contributed by atoms with Gasteiger partial charge >= 0.3 is 35.8 Å². The lowest BCUT2D eigenvalue weighted by atomic mass is 10.0. The van der Waals surface area contributed by atoms with Crippen LogP contribution in [0.5, 0.6) is 0 Å². The Kier molecular flexibility index (Phi) is 46.8. The number of carbonyl (C=O) groups is 18. The topological polar surface area (TPSA) is 745 Å². The van der Waals surface area contributed by atoms with Crippen molar-refractivity contribution >= 4 is 167 Å². The van der Waals surface area contributed by atoms with Crippen LogP contribution in [-0.4, -0.2) is 377 Å². The molecule has 0 unspecified atom stereocenters. The van der Waals surface area contributed by atoms with Crippen LogP contribution < -0.4 is 80.6 Å². The highest BCUT2D eigenvalue weighted by atomic mass is 32.1. The number of aromatic amines is 2. The van der Waals surface area contributed by atoms with Crippen molar-refractivity contribution in [3.05, 3.63) is 90.1 Å². The summed E-state index contributed by atoms with van der Waals surface area (Å²) in [5.74, 6) is -22.6. The number of rotatable bonds is 55. The number of H-pyrrole nitrogens is 2. The summed E-state index contributed by atoms with van der Waals surface area (Å²) >= 11 is 12.9. The van der Waals surface area contributed by atoms with Gasteiger partial charge in [0.2, 0.25) is 70.9 Å². The molecule has 0 saturated carbocycles. The van der Waals surface area contributed by atoms with Crippen LogP contribution in [0, 0.1) is 16.7 Å². The first-order chi connectivity index (χ1) is 64.1. The number of likely N-dealkylation sites (tertiary alicyclic amines) is 1. The number of hydrogen-bond donors (Lipinski definition) is 28. The summed E-state index contributed by atoms with van der Waals surface area (Å²) in [5, 5.41) is 108. The minimum absolute atomic E-state index is 0.00782. The van der Waals surface area contributed by atoms with E-state index < -0.39 is 267 Å². The molecule has 27 N–H and O–H groups in total. The summed E-state index contributed by atoms with van der Waals surface area (Å²) < 4.78 is 0. The lowest BCUT2D eigenvalue weighted by Crippen LogP contribution is -2.61. The van der Waals surface area contributed by atoms with E-state index >= 15 is 19.2 Å². The Morgan fingerprint density at radius 1 is 0.444 bits per heavy atom. The van der Waals surface area contributed by atoms with Gasteiger partial charge in [0.15, 0.2) is 11.9 Å². The number of carboxylic acids is 6. The van der Waals surface area contributed by atoms with E-state index in [9.17, 15) is 97.8 Å². The molecule has 4 aromatic rings. The zero-order valence-corrected chi connectivity index (χ0v) is 77.2. The van der Waals surface area contributed by atoms with Crippen LogP contribution in [-0.2, 0) is 106 Å². The number of guanidine groups is 2. The number of aliphatic carboxylic acids is 6. The van der Waals surface area contributed by atoms with E-state index in [1.807, 2.05) is 0 Å². The van der Waals surface area contributed by atoms with E-state index in [4.69, 9.17) is 22.3 Å². The second-order valence-corrected chi connectivity index (χ2v) is 33.7. The highest BCUT2D eigenvalue weighted by molar-refractivity contribution is 7.80. The van der Waals surface area contributed by atoms with Gasteiger partial charge < -0.3 is 126 Å². The molecular weight excluding hydrogens is 1830 g/mol. The van der Waals surface area contributed by atoms with E-state index in [0.29, 0.717) is 28.5 Å². The normalized spacial score (nSPS) is 16.5. The summed E-state index contributed by atoms with van der Waals surface area (Å²) in [4.78, 5) is 264. The van der Waals surface area contributed by atoms with Crippen molar-refractivity contribution in [3.63, 3.8) is 0 Å². The van der Waals surface area contributed by atoms with Crippen LogP contribution in [0.4, 0.5) is 0 Å². The van der Waals surface area contributed by atoms with Gasteiger partial charge in [-0.2, -0.15) is 37.9 Å². The van der Waals surface area contributed by atoms with Gasteiger partial charge in [-0.25, -0.2) is 9.78 Å². The molecule has 49 nitrogen and oxygen atoms in total. The van der Waals surface area contributed by atoms with Crippen molar-refractivity contribution in [2.75, 3.05) is 115 Å². The molecule has 0 spiro atoms. The van der Waals surface area contributed by atoms with Crippen molar-refractivity contribution < 1.29 is 117 Å². The fourth-order valence-corrected chi connectivity index (χ4v) is 15.6. The van der Waals surface area contributed by atoms with Crippen LogP contribution in [0.25, 0.3) is 10.9 Å². The summed E-state index contributed by atoms with van der Waals surface area (Å²) in [6, 6.07) is -3.89. The number of imidazole rings is 1. The summed E-state index contributed by atoms with van der Waals surface area (Å²) in [7, 11) is 0. The maximum Gasteiger partial charge on any atom is 0.326 e. The zero-order chi connectivity index (χ0) is 99.5. The lowest BCUT2D eigenvalue weighted by molar-refractivity contribution is -0.146. The van der Waals surface area contributed by atoms with Gasteiger partial charge in [-0.05, 0) is 74.5 Å². The zero-order valence-electron chi connectivity index (χ0n) is 74.6. The number of aromatic nitrogens is 3. The fourth-order valence-electron chi connectivity index (χ4n) is 14.8. The highest BCUT2D eigenvalue weighted by Gasteiger charge is 2.42. The third-order valence-electron chi connectivity index (χ3n) is 21.9. The number of nitrogens with one attached hydrogen (secondary N) is 17. The van der Waals surface area contributed by atoms with Crippen molar-refractivity contribution in [2.24, 2.45) is 17.4 Å². The van der Waals surface area contributed by atoms with Gasteiger partial charge in [-0.15, -0.1) is 0 Å². The molecule has 0 aliphatic carbocycles. The first-order valence-corrected chi connectivity index (χ1v) is 45.4. The molecule has 2 aliphatic heterocycles. The fraction of sp³-hybridized carbons (Fsp3) is 0.554. The molecule has 2 fully saturated rings. The molecule has 0 radical (unpaired) electrons. The number of amides is 12. The monoisotopic (exact) mass is 1950 g/mol. The molecule has 0 bridgehead atoms. The molecule has 2 aromatic carbocycles. The Balaban J connectivity index is 1.23. The maximum absolute atomic E-state index is 15.3. The SMILES string of the molecule is CC(C)[C@H](NC(=O)[C@@H]1CCCN1C(=O)[C@H](CCCNC(=N)N)NC(=O)[C@H](CS)NC(=O)[C@H](Cc1c[nH]c2ccccc12)NC(=O)[C@H](CCCNC(=N)N)NC(=O)[C@H](Cc1ccccc1)NC(=O)[C@H](Cc1cnc[nH]1)NC(=O)[C@H](CCC(=O)O)NC(=O)[C@H](CS)NC(=O)[C@H](CS)NC(=O)[C@H](CCC(=O)O)NC(=O)CN1CCN(CC(=O)O)CCN(CC(=O)O)CCN(CC(=O)O)CC1)C(=O)O. The average molecular weight is 1950 g/mol. The Morgan fingerprint density at radius 3 is 1.25 bits per heavy atom.